The fourth-order valence-corrected chi connectivity index (χ4v) is 4.56. The minimum absolute atomic E-state index is 0.100. The van der Waals surface area contributed by atoms with E-state index < -0.39 is 11.9 Å². The molecule has 2 amide bonds. The number of ether oxygens (including phenoxy) is 2. The van der Waals surface area contributed by atoms with Gasteiger partial charge >= 0.3 is 5.97 Å². The standard InChI is InChI=1S/C29H31N3O6/c1-37-23-12-13-25(24(18-23)29(35)36)30-26(33)19-38-20-27(34)31-14-16-32(17-15-31)28(21-8-4-2-5-9-21)22-10-6-3-7-11-22/h2-13,18,28H,14-17,19-20H2,1H3,(H,30,33)(H,35,36). The molecule has 1 heterocycles. The second-order valence-corrected chi connectivity index (χ2v) is 8.90. The van der Waals surface area contributed by atoms with Crippen LogP contribution in [0.3, 0.4) is 0 Å². The summed E-state index contributed by atoms with van der Waals surface area (Å²) < 4.78 is 10.4. The van der Waals surface area contributed by atoms with Crippen LogP contribution in [0, 0.1) is 0 Å². The molecular formula is C29H31N3O6. The molecule has 4 rings (SSSR count). The molecule has 0 unspecified atom stereocenters. The lowest BCUT2D eigenvalue weighted by Crippen LogP contribution is -2.50. The number of carboxylic acid groups (broad SMARTS) is 1. The summed E-state index contributed by atoms with van der Waals surface area (Å²) in [5.41, 5.74) is 2.43. The van der Waals surface area contributed by atoms with Crippen LogP contribution < -0.4 is 10.1 Å². The number of nitrogens with one attached hydrogen (secondary N) is 1. The number of piperazine rings is 1. The molecule has 3 aromatic carbocycles. The molecule has 0 atom stereocenters. The monoisotopic (exact) mass is 517 g/mol. The summed E-state index contributed by atoms with van der Waals surface area (Å²) in [6.07, 6.45) is 0. The number of nitrogens with zero attached hydrogens (tertiary/aromatic N) is 2. The van der Waals surface area contributed by atoms with Crippen LogP contribution in [-0.2, 0) is 14.3 Å². The molecule has 1 aliphatic rings. The molecule has 0 spiro atoms. The molecule has 9 nitrogen and oxygen atoms in total. The Bertz CT molecular complexity index is 1200. The van der Waals surface area contributed by atoms with Crippen LogP contribution in [0.2, 0.25) is 0 Å². The average molecular weight is 518 g/mol. The summed E-state index contributed by atoms with van der Waals surface area (Å²) in [5.74, 6) is -1.58. The Morgan fingerprint density at radius 2 is 1.47 bits per heavy atom. The predicted molar refractivity (Wildman–Crippen MR) is 142 cm³/mol. The molecule has 2 N–H and O–H groups in total. The van der Waals surface area contributed by atoms with Gasteiger partial charge in [0.1, 0.15) is 19.0 Å². The minimum Gasteiger partial charge on any atom is -0.497 e. The van der Waals surface area contributed by atoms with E-state index >= 15 is 0 Å². The van der Waals surface area contributed by atoms with Crippen LogP contribution in [0.5, 0.6) is 5.75 Å². The summed E-state index contributed by atoms with van der Waals surface area (Å²) in [6, 6.07) is 25.1. The SMILES string of the molecule is COc1ccc(NC(=O)COCC(=O)N2CCN(C(c3ccccc3)c3ccccc3)CC2)c(C(=O)O)c1. The van der Waals surface area contributed by atoms with Crippen molar-refractivity contribution in [3.8, 4) is 5.75 Å². The predicted octanol–water partition coefficient (Wildman–Crippen LogP) is 3.28. The molecule has 198 valence electrons. The van der Waals surface area contributed by atoms with Gasteiger partial charge in [-0.1, -0.05) is 60.7 Å². The van der Waals surface area contributed by atoms with Crippen LogP contribution in [-0.4, -0.2) is 79.2 Å². The third kappa shape index (κ3) is 6.76. The molecule has 0 saturated carbocycles. The van der Waals surface area contributed by atoms with E-state index in [0.717, 1.165) is 0 Å². The van der Waals surface area contributed by atoms with Gasteiger partial charge in [0.25, 0.3) is 0 Å². The van der Waals surface area contributed by atoms with Crippen LogP contribution >= 0.6 is 0 Å². The van der Waals surface area contributed by atoms with Crippen LogP contribution in [0.15, 0.2) is 78.9 Å². The zero-order chi connectivity index (χ0) is 26.9. The van der Waals surface area contributed by atoms with Gasteiger partial charge in [0, 0.05) is 26.2 Å². The van der Waals surface area contributed by atoms with Crippen molar-refractivity contribution in [2.75, 3.05) is 51.8 Å². The number of hydrogen-bond donors (Lipinski definition) is 2. The molecule has 1 saturated heterocycles. The van der Waals surface area contributed by atoms with Crippen molar-refractivity contribution in [2.24, 2.45) is 0 Å². The van der Waals surface area contributed by atoms with E-state index in [1.54, 1.807) is 11.0 Å². The third-order valence-corrected chi connectivity index (χ3v) is 6.45. The van der Waals surface area contributed by atoms with E-state index in [4.69, 9.17) is 9.47 Å². The Labute approximate surface area is 221 Å². The van der Waals surface area contributed by atoms with Gasteiger partial charge in [0.15, 0.2) is 0 Å². The van der Waals surface area contributed by atoms with Gasteiger partial charge in [0.05, 0.1) is 24.4 Å². The summed E-state index contributed by atoms with van der Waals surface area (Å²) in [4.78, 5) is 40.6. The molecule has 0 radical (unpaired) electrons. The van der Waals surface area contributed by atoms with E-state index in [1.165, 1.54) is 30.4 Å². The van der Waals surface area contributed by atoms with Crippen molar-refractivity contribution in [1.29, 1.82) is 0 Å². The quantitative estimate of drug-likeness (QED) is 0.425. The van der Waals surface area contributed by atoms with Crippen molar-refractivity contribution in [2.45, 2.75) is 6.04 Å². The van der Waals surface area contributed by atoms with E-state index in [2.05, 4.69) is 34.5 Å². The van der Waals surface area contributed by atoms with Crippen molar-refractivity contribution in [3.63, 3.8) is 0 Å². The van der Waals surface area contributed by atoms with E-state index in [1.807, 2.05) is 36.4 Å². The average Bonchev–Trinajstić information content (AvgIpc) is 2.95. The number of rotatable bonds is 10. The first kappa shape index (κ1) is 26.8. The highest BCUT2D eigenvalue weighted by molar-refractivity contribution is 6.01. The van der Waals surface area contributed by atoms with E-state index in [-0.39, 0.29) is 36.4 Å². The summed E-state index contributed by atoms with van der Waals surface area (Å²) in [6.45, 7) is 1.91. The maximum atomic E-state index is 12.7. The first-order valence-corrected chi connectivity index (χ1v) is 12.4. The smallest absolute Gasteiger partial charge is 0.337 e. The number of benzene rings is 3. The number of carbonyl (C=O) groups excluding carboxylic acids is 2. The normalized spacial score (nSPS) is 13.8. The van der Waals surface area contributed by atoms with Gasteiger partial charge in [-0.05, 0) is 29.3 Å². The van der Waals surface area contributed by atoms with Gasteiger partial charge in [-0.15, -0.1) is 0 Å². The number of hydrogen-bond acceptors (Lipinski definition) is 6. The van der Waals surface area contributed by atoms with Gasteiger partial charge in [0.2, 0.25) is 11.8 Å². The van der Waals surface area contributed by atoms with Crippen LogP contribution in [0.1, 0.15) is 27.5 Å². The molecule has 3 aromatic rings. The molecule has 38 heavy (non-hydrogen) atoms. The van der Waals surface area contributed by atoms with Gasteiger partial charge in [-0.25, -0.2) is 4.79 Å². The molecule has 1 aliphatic heterocycles. The molecule has 0 aliphatic carbocycles. The molecule has 0 aromatic heterocycles. The van der Waals surface area contributed by atoms with E-state index in [9.17, 15) is 19.5 Å². The number of aromatic carboxylic acids is 1. The molecular weight excluding hydrogens is 486 g/mol. The van der Waals surface area contributed by atoms with Crippen LogP contribution in [0.4, 0.5) is 5.69 Å². The second-order valence-electron chi connectivity index (χ2n) is 8.90. The van der Waals surface area contributed by atoms with Crippen molar-refractivity contribution < 1.29 is 29.0 Å². The lowest BCUT2D eigenvalue weighted by atomic mass is 9.96. The number of anilines is 1. The van der Waals surface area contributed by atoms with Crippen molar-refractivity contribution in [3.05, 3.63) is 95.6 Å². The first-order valence-electron chi connectivity index (χ1n) is 12.4. The Morgan fingerprint density at radius 1 is 0.868 bits per heavy atom. The van der Waals surface area contributed by atoms with Crippen molar-refractivity contribution in [1.82, 2.24) is 9.80 Å². The number of methoxy groups -OCH3 is 1. The summed E-state index contributed by atoms with van der Waals surface area (Å²) >= 11 is 0. The van der Waals surface area contributed by atoms with Gasteiger partial charge < -0.3 is 24.8 Å². The zero-order valence-electron chi connectivity index (χ0n) is 21.2. The minimum atomic E-state index is -1.20. The Morgan fingerprint density at radius 3 is 2.03 bits per heavy atom. The fourth-order valence-electron chi connectivity index (χ4n) is 4.56. The highest BCUT2D eigenvalue weighted by Gasteiger charge is 2.28. The number of carboxylic acids is 1. The topological polar surface area (TPSA) is 108 Å². The Hall–Kier alpha value is -4.21. The molecule has 9 heteroatoms. The fraction of sp³-hybridized carbons (Fsp3) is 0.276. The maximum absolute atomic E-state index is 12.7. The summed E-state index contributed by atoms with van der Waals surface area (Å²) in [7, 11) is 1.43. The highest BCUT2D eigenvalue weighted by atomic mass is 16.5. The maximum Gasteiger partial charge on any atom is 0.337 e. The van der Waals surface area contributed by atoms with Crippen LogP contribution in [0.25, 0.3) is 0 Å². The zero-order valence-corrected chi connectivity index (χ0v) is 21.2. The number of carbonyl (C=O) groups is 3. The lowest BCUT2D eigenvalue weighted by molar-refractivity contribution is -0.139. The summed E-state index contributed by atoms with van der Waals surface area (Å²) in [5, 5.41) is 11.9. The lowest BCUT2D eigenvalue weighted by Gasteiger charge is -2.39. The van der Waals surface area contributed by atoms with Crippen molar-refractivity contribution >= 4 is 23.5 Å². The van der Waals surface area contributed by atoms with E-state index in [0.29, 0.717) is 31.9 Å². The molecule has 1 fully saturated rings. The van der Waals surface area contributed by atoms with Gasteiger partial charge in [-0.2, -0.15) is 0 Å². The second kappa shape index (κ2) is 12.8. The largest absolute Gasteiger partial charge is 0.497 e. The highest BCUT2D eigenvalue weighted by Crippen LogP contribution is 2.29. The van der Waals surface area contributed by atoms with Gasteiger partial charge in [-0.3, -0.25) is 14.5 Å². The first-order chi connectivity index (χ1) is 18.5. The Kier molecular flexibility index (Phi) is 9.07. The molecule has 0 bridgehead atoms. The third-order valence-electron chi connectivity index (χ3n) is 6.45. The Balaban J connectivity index is 1.27. The number of amides is 2.